The van der Waals surface area contributed by atoms with Gasteiger partial charge < -0.3 is 0 Å². The molecule has 0 aromatic heterocycles. The van der Waals surface area contributed by atoms with Crippen molar-refractivity contribution in [2.24, 2.45) is 5.92 Å². The van der Waals surface area contributed by atoms with E-state index in [0.29, 0.717) is 0 Å². The third-order valence-corrected chi connectivity index (χ3v) is 2.86. The van der Waals surface area contributed by atoms with Crippen molar-refractivity contribution in [1.29, 1.82) is 0 Å². The summed E-state index contributed by atoms with van der Waals surface area (Å²) in [6.07, 6.45) is 6.26. The minimum absolute atomic E-state index is 0.775. The standard InChI is InChI=1S/C12H14O/c13-9-12-6-4-11(5-7-12)8-10-2-1-3-10/h4-7,9-10H,1-3,8H2. The van der Waals surface area contributed by atoms with Crippen molar-refractivity contribution in [3.05, 3.63) is 35.4 Å². The molecular formula is C12H14O. The van der Waals surface area contributed by atoms with Gasteiger partial charge in [0.2, 0.25) is 0 Å². The molecule has 13 heavy (non-hydrogen) atoms. The Morgan fingerprint density at radius 1 is 1.23 bits per heavy atom. The summed E-state index contributed by atoms with van der Waals surface area (Å²) < 4.78 is 0. The maximum atomic E-state index is 10.4. The largest absolute Gasteiger partial charge is 0.298 e. The fourth-order valence-corrected chi connectivity index (χ4v) is 1.76. The fourth-order valence-electron chi connectivity index (χ4n) is 1.76. The normalized spacial score (nSPS) is 16.6. The van der Waals surface area contributed by atoms with Crippen LogP contribution in [0.1, 0.15) is 35.2 Å². The molecule has 1 saturated carbocycles. The van der Waals surface area contributed by atoms with Crippen molar-refractivity contribution in [1.82, 2.24) is 0 Å². The highest BCUT2D eigenvalue weighted by Crippen LogP contribution is 2.29. The van der Waals surface area contributed by atoms with Crippen LogP contribution in [0, 0.1) is 5.92 Å². The highest BCUT2D eigenvalue weighted by molar-refractivity contribution is 5.74. The van der Waals surface area contributed by atoms with E-state index >= 15 is 0 Å². The molecule has 0 heterocycles. The Hall–Kier alpha value is -1.11. The van der Waals surface area contributed by atoms with Crippen LogP contribution in [0.5, 0.6) is 0 Å². The van der Waals surface area contributed by atoms with Crippen LogP contribution < -0.4 is 0 Å². The van der Waals surface area contributed by atoms with Crippen molar-refractivity contribution in [3.8, 4) is 0 Å². The van der Waals surface area contributed by atoms with E-state index in [-0.39, 0.29) is 0 Å². The molecule has 1 nitrogen and oxygen atoms in total. The maximum absolute atomic E-state index is 10.4. The Morgan fingerprint density at radius 3 is 2.38 bits per heavy atom. The second-order valence-corrected chi connectivity index (χ2v) is 3.86. The third kappa shape index (κ3) is 1.97. The van der Waals surface area contributed by atoms with Crippen LogP contribution in [0.4, 0.5) is 0 Å². The summed E-state index contributed by atoms with van der Waals surface area (Å²) in [5, 5.41) is 0. The number of rotatable bonds is 3. The number of carbonyl (C=O) groups excluding carboxylic acids is 1. The van der Waals surface area contributed by atoms with Crippen molar-refractivity contribution in [3.63, 3.8) is 0 Å². The summed E-state index contributed by atoms with van der Waals surface area (Å²) in [5.74, 6) is 0.905. The van der Waals surface area contributed by atoms with Crippen LogP contribution in [0.3, 0.4) is 0 Å². The Balaban J connectivity index is 2.00. The molecule has 68 valence electrons. The van der Waals surface area contributed by atoms with Crippen molar-refractivity contribution >= 4 is 6.29 Å². The Kier molecular flexibility index (Phi) is 2.44. The molecule has 1 aromatic carbocycles. The summed E-state index contributed by atoms with van der Waals surface area (Å²) >= 11 is 0. The lowest BCUT2D eigenvalue weighted by molar-refractivity contribution is 0.112. The highest BCUT2D eigenvalue weighted by Gasteiger charge is 2.17. The van der Waals surface area contributed by atoms with E-state index in [9.17, 15) is 4.79 Å². The van der Waals surface area contributed by atoms with E-state index in [2.05, 4.69) is 12.1 Å². The van der Waals surface area contributed by atoms with Crippen molar-refractivity contribution < 1.29 is 4.79 Å². The lowest BCUT2D eigenvalue weighted by atomic mass is 9.81. The second kappa shape index (κ2) is 3.73. The molecule has 0 radical (unpaired) electrons. The summed E-state index contributed by atoms with van der Waals surface area (Å²) in [7, 11) is 0. The first-order valence-electron chi connectivity index (χ1n) is 4.92. The molecule has 2 rings (SSSR count). The first-order chi connectivity index (χ1) is 6.38. The van der Waals surface area contributed by atoms with Crippen molar-refractivity contribution in [2.75, 3.05) is 0 Å². The topological polar surface area (TPSA) is 17.1 Å². The second-order valence-electron chi connectivity index (χ2n) is 3.86. The van der Waals surface area contributed by atoms with E-state index in [0.717, 1.165) is 17.8 Å². The quantitative estimate of drug-likeness (QED) is 0.644. The molecule has 0 N–H and O–H groups in total. The molecule has 1 heteroatoms. The number of carbonyl (C=O) groups is 1. The Morgan fingerprint density at radius 2 is 1.92 bits per heavy atom. The molecule has 1 aliphatic rings. The van der Waals surface area contributed by atoms with E-state index in [1.165, 1.54) is 31.2 Å². The van der Waals surface area contributed by atoms with Gasteiger partial charge in [-0.15, -0.1) is 0 Å². The van der Waals surface area contributed by atoms with Gasteiger partial charge in [0.05, 0.1) is 0 Å². The maximum Gasteiger partial charge on any atom is 0.150 e. The minimum atomic E-state index is 0.775. The molecule has 0 unspecified atom stereocenters. The zero-order valence-electron chi connectivity index (χ0n) is 7.70. The lowest BCUT2D eigenvalue weighted by Gasteiger charge is -2.25. The number of benzene rings is 1. The number of hydrogen-bond acceptors (Lipinski definition) is 1. The molecule has 0 saturated heterocycles. The third-order valence-electron chi connectivity index (χ3n) is 2.86. The van der Waals surface area contributed by atoms with Crippen LogP contribution in [0.25, 0.3) is 0 Å². The van der Waals surface area contributed by atoms with Crippen molar-refractivity contribution in [2.45, 2.75) is 25.7 Å². The molecular weight excluding hydrogens is 160 g/mol. The first kappa shape index (κ1) is 8.49. The molecule has 0 aliphatic heterocycles. The van der Waals surface area contributed by atoms with Gasteiger partial charge >= 0.3 is 0 Å². The van der Waals surface area contributed by atoms with E-state index < -0.39 is 0 Å². The van der Waals surface area contributed by atoms with Crippen LogP contribution in [0.15, 0.2) is 24.3 Å². The van der Waals surface area contributed by atoms with E-state index in [1.54, 1.807) is 0 Å². The van der Waals surface area contributed by atoms with Crippen LogP contribution in [-0.4, -0.2) is 6.29 Å². The van der Waals surface area contributed by atoms with Gasteiger partial charge in [-0.1, -0.05) is 43.5 Å². The summed E-state index contributed by atoms with van der Waals surface area (Å²) in [5.41, 5.74) is 2.15. The molecule has 0 amide bonds. The summed E-state index contributed by atoms with van der Waals surface area (Å²) in [4.78, 5) is 10.4. The predicted molar refractivity (Wildman–Crippen MR) is 52.9 cm³/mol. The molecule has 0 atom stereocenters. The molecule has 1 fully saturated rings. The molecule has 0 spiro atoms. The number of aldehydes is 1. The van der Waals surface area contributed by atoms with Gasteiger partial charge in [0.1, 0.15) is 6.29 Å². The molecule has 1 aliphatic carbocycles. The van der Waals surface area contributed by atoms with Gasteiger partial charge in [-0.05, 0) is 17.9 Å². The van der Waals surface area contributed by atoms with E-state index in [1.807, 2.05) is 12.1 Å². The lowest BCUT2D eigenvalue weighted by Crippen LogP contribution is -2.13. The molecule has 0 bridgehead atoms. The summed E-state index contributed by atoms with van der Waals surface area (Å²) in [6.45, 7) is 0. The highest BCUT2D eigenvalue weighted by atomic mass is 16.1. The zero-order valence-corrected chi connectivity index (χ0v) is 7.70. The number of hydrogen-bond donors (Lipinski definition) is 0. The van der Waals surface area contributed by atoms with Gasteiger partial charge in [-0.3, -0.25) is 4.79 Å². The smallest absolute Gasteiger partial charge is 0.150 e. The van der Waals surface area contributed by atoms with Gasteiger partial charge in [0.25, 0.3) is 0 Å². The Bertz CT molecular complexity index is 282. The minimum Gasteiger partial charge on any atom is -0.298 e. The van der Waals surface area contributed by atoms with Crippen LogP contribution >= 0.6 is 0 Å². The average molecular weight is 174 g/mol. The summed E-state index contributed by atoms with van der Waals surface area (Å²) in [6, 6.07) is 7.95. The van der Waals surface area contributed by atoms with Gasteiger partial charge in [-0.25, -0.2) is 0 Å². The van der Waals surface area contributed by atoms with E-state index in [4.69, 9.17) is 0 Å². The predicted octanol–water partition coefficient (Wildman–Crippen LogP) is 2.84. The molecule has 1 aromatic rings. The fraction of sp³-hybridized carbons (Fsp3) is 0.417. The van der Waals surface area contributed by atoms with Crippen LogP contribution in [-0.2, 0) is 6.42 Å². The SMILES string of the molecule is O=Cc1ccc(CC2CCC2)cc1. The van der Waals surface area contributed by atoms with Gasteiger partial charge in [-0.2, -0.15) is 0 Å². The van der Waals surface area contributed by atoms with Gasteiger partial charge in [0, 0.05) is 5.56 Å². The monoisotopic (exact) mass is 174 g/mol. The first-order valence-corrected chi connectivity index (χ1v) is 4.92. The average Bonchev–Trinajstić information content (AvgIpc) is 2.12. The zero-order chi connectivity index (χ0) is 9.10. The van der Waals surface area contributed by atoms with Crippen LogP contribution in [0.2, 0.25) is 0 Å². The van der Waals surface area contributed by atoms with Gasteiger partial charge in [0.15, 0.2) is 0 Å². The Labute approximate surface area is 78.8 Å².